The number of likely N-dealkylation sites (tertiary alicyclic amines) is 1. The zero-order valence-electron chi connectivity index (χ0n) is 14.5. The van der Waals surface area contributed by atoms with Crippen LogP contribution in [0.1, 0.15) is 33.6 Å². The lowest BCUT2D eigenvalue weighted by Gasteiger charge is -2.31. The number of nitrogens with two attached hydrogens (primary N) is 1. The van der Waals surface area contributed by atoms with E-state index in [1.54, 1.807) is 0 Å². The average Bonchev–Trinajstić information content (AvgIpc) is 2.52. The smallest absolute Gasteiger partial charge is 0.191 e. The molecule has 5 heteroatoms. The van der Waals surface area contributed by atoms with E-state index < -0.39 is 0 Å². The lowest BCUT2D eigenvalue weighted by molar-refractivity contribution is 0.277. The Bertz CT molecular complexity index is 467. The molecule has 0 radical (unpaired) electrons. The Morgan fingerprint density at radius 2 is 1.87 bits per heavy atom. The van der Waals surface area contributed by atoms with Crippen LogP contribution >= 0.6 is 24.0 Å². The number of para-hydroxylation sites is 1. The SMILES string of the molecule is CC1CCN(C(N)=NCC(Nc2ccccc2)C(C)C)CC1.I. The Hall–Kier alpha value is -0.980. The van der Waals surface area contributed by atoms with Crippen LogP contribution in [0, 0.1) is 11.8 Å². The first-order valence-corrected chi connectivity index (χ1v) is 8.42. The van der Waals surface area contributed by atoms with Crippen molar-refractivity contribution in [3.8, 4) is 0 Å². The van der Waals surface area contributed by atoms with Crippen LogP contribution in [0.2, 0.25) is 0 Å². The van der Waals surface area contributed by atoms with Gasteiger partial charge < -0.3 is 16.0 Å². The van der Waals surface area contributed by atoms with Crippen LogP contribution in [0.4, 0.5) is 5.69 Å². The fourth-order valence-electron chi connectivity index (χ4n) is 2.70. The molecule has 1 aliphatic heterocycles. The lowest BCUT2D eigenvalue weighted by atomic mass is 10.00. The number of rotatable bonds is 5. The summed E-state index contributed by atoms with van der Waals surface area (Å²) in [6, 6.07) is 10.6. The Morgan fingerprint density at radius 1 is 1.26 bits per heavy atom. The summed E-state index contributed by atoms with van der Waals surface area (Å²) >= 11 is 0. The molecule has 1 fully saturated rings. The molecule has 1 aliphatic rings. The minimum absolute atomic E-state index is 0. The largest absolute Gasteiger partial charge is 0.380 e. The van der Waals surface area contributed by atoms with E-state index in [1.807, 2.05) is 18.2 Å². The van der Waals surface area contributed by atoms with Crippen molar-refractivity contribution < 1.29 is 0 Å². The summed E-state index contributed by atoms with van der Waals surface area (Å²) in [4.78, 5) is 6.87. The second kappa shape index (κ2) is 10.0. The van der Waals surface area contributed by atoms with Crippen molar-refractivity contribution in [1.82, 2.24) is 4.90 Å². The minimum atomic E-state index is 0. The molecule has 1 heterocycles. The highest BCUT2D eigenvalue weighted by atomic mass is 127. The molecule has 0 spiro atoms. The fraction of sp³-hybridized carbons (Fsp3) is 0.611. The monoisotopic (exact) mass is 430 g/mol. The summed E-state index contributed by atoms with van der Waals surface area (Å²) in [6.07, 6.45) is 2.43. The van der Waals surface area contributed by atoms with E-state index >= 15 is 0 Å². The first kappa shape index (κ1) is 20.1. The van der Waals surface area contributed by atoms with Gasteiger partial charge in [-0.2, -0.15) is 0 Å². The van der Waals surface area contributed by atoms with E-state index in [4.69, 9.17) is 5.73 Å². The van der Waals surface area contributed by atoms with Gasteiger partial charge in [-0.05, 0) is 36.8 Å². The summed E-state index contributed by atoms with van der Waals surface area (Å²) in [7, 11) is 0. The lowest BCUT2D eigenvalue weighted by Crippen LogP contribution is -2.43. The van der Waals surface area contributed by atoms with Gasteiger partial charge in [0.15, 0.2) is 5.96 Å². The number of hydrogen-bond acceptors (Lipinski definition) is 2. The molecule has 0 amide bonds. The number of benzene rings is 1. The van der Waals surface area contributed by atoms with Gasteiger partial charge in [0, 0.05) is 24.8 Å². The zero-order chi connectivity index (χ0) is 15.9. The highest BCUT2D eigenvalue weighted by molar-refractivity contribution is 14.0. The molecule has 1 aromatic carbocycles. The van der Waals surface area contributed by atoms with Gasteiger partial charge in [0.2, 0.25) is 0 Å². The van der Waals surface area contributed by atoms with E-state index in [0.29, 0.717) is 24.5 Å². The normalized spacial score (nSPS) is 17.7. The van der Waals surface area contributed by atoms with E-state index in [9.17, 15) is 0 Å². The van der Waals surface area contributed by atoms with E-state index in [2.05, 4.69) is 48.1 Å². The summed E-state index contributed by atoms with van der Waals surface area (Å²) in [5.41, 5.74) is 7.32. The summed E-state index contributed by atoms with van der Waals surface area (Å²) in [5.74, 6) is 2.01. The molecule has 130 valence electrons. The van der Waals surface area contributed by atoms with Gasteiger partial charge in [0.1, 0.15) is 0 Å². The minimum Gasteiger partial charge on any atom is -0.380 e. The quantitative estimate of drug-likeness (QED) is 0.425. The average molecular weight is 430 g/mol. The topological polar surface area (TPSA) is 53.6 Å². The molecule has 0 aromatic heterocycles. The van der Waals surface area contributed by atoms with Crippen molar-refractivity contribution in [2.24, 2.45) is 22.6 Å². The van der Waals surface area contributed by atoms with E-state index in [-0.39, 0.29) is 24.0 Å². The van der Waals surface area contributed by atoms with Crippen LogP contribution in [0.5, 0.6) is 0 Å². The van der Waals surface area contributed by atoms with Crippen molar-refractivity contribution in [3.63, 3.8) is 0 Å². The van der Waals surface area contributed by atoms with Crippen molar-refractivity contribution in [3.05, 3.63) is 30.3 Å². The van der Waals surface area contributed by atoms with Crippen molar-refractivity contribution >= 4 is 35.6 Å². The van der Waals surface area contributed by atoms with Crippen LogP contribution < -0.4 is 11.1 Å². The highest BCUT2D eigenvalue weighted by Gasteiger charge is 2.18. The molecular formula is C18H31IN4. The van der Waals surface area contributed by atoms with Gasteiger partial charge in [0.25, 0.3) is 0 Å². The molecule has 0 bridgehead atoms. The number of anilines is 1. The van der Waals surface area contributed by atoms with Gasteiger partial charge in [0.05, 0.1) is 6.54 Å². The first-order valence-electron chi connectivity index (χ1n) is 8.42. The third-order valence-corrected chi connectivity index (χ3v) is 4.49. The molecule has 1 saturated heterocycles. The Morgan fingerprint density at radius 3 is 2.43 bits per heavy atom. The zero-order valence-corrected chi connectivity index (χ0v) is 16.9. The summed E-state index contributed by atoms with van der Waals surface area (Å²) < 4.78 is 0. The number of halogens is 1. The summed E-state index contributed by atoms with van der Waals surface area (Å²) in [5, 5.41) is 3.56. The van der Waals surface area contributed by atoms with Crippen molar-refractivity contribution in [2.45, 2.75) is 39.7 Å². The molecule has 0 saturated carbocycles. The Kier molecular flexibility index (Phi) is 8.73. The number of guanidine groups is 1. The molecule has 2 rings (SSSR count). The molecule has 0 aliphatic carbocycles. The van der Waals surface area contributed by atoms with Crippen molar-refractivity contribution in [1.29, 1.82) is 0 Å². The molecule has 3 N–H and O–H groups in total. The number of nitrogens with zero attached hydrogens (tertiary/aromatic N) is 2. The predicted octanol–water partition coefficient (Wildman–Crippen LogP) is 3.79. The molecule has 4 nitrogen and oxygen atoms in total. The van der Waals surface area contributed by atoms with Crippen molar-refractivity contribution in [2.75, 3.05) is 25.0 Å². The van der Waals surface area contributed by atoms with E-state index in [0.717, 1.165) is 24.7 Å². The highest BCUT2D eigenvalue weighted by Crippen LogP contribution is 2.16. The maximum Gasteiger partial charge on any atom is 0.191 e. The van der Waals surface area contributed by atoms with Gasteiger partial charge in [-0.15, -0.1) is 24.0 Å². The standard InChI is InChI=1S/C18H30N4.HI/c1-14(2)17(21-16-7-5-4-6-8-16)13-20-18(19)22-11-9-15(3)10-12-22;/h4-8,14-15,17,21H,9-13H2,1-3H3,(H2,19,20);1H. The second-order valence-electron chi connectivity index (χ2n) is 6.73. The fourth-order valence-corrected chi connectivity index (χ4v) is 2.70. The molecule has 1 atom stereocenters. The summed E-state index contributed by atoms with van der Waals surface area (Å²) in [6.45, 7) is 9.53. The van der Waals surface area contributed by atoms with Crippen LogP contribution in [0.3, 0.4) is 0 Å². The Labute approximate surface area is 157 Å². The van der Waals surface area contributed by atoms with E-state index in [1.165, 1.54) is 12.8 Å². The first-order chi connectivity index (χ1) is 10.6. The number of piperidine rings is 1. The molecular weight excluding hydrogens is 399 g/mol. The van der Waals surface area contributed by atoms with Gasteiger partial charge >= 0.3 is 0 Å². The number of aliphatic imine (C=N–C) groups is 1. The maximum absolute atomic E-state index is 6.18. The van der Waals surface area contributed by atoms with Crippen LogP contribution in [0.25, 0.3) is 0 Å². The third-order valence-electron chi connectivity index (χ3n) is 4.49. The van der Waals surface area contributed by atoms with Gasteiger partial charge in [-0.3, -0.25) is 4.99 Å². The Balaban J connectivity index is 0.00000264. The van der Waals surface area contributed by atoms with Gasteiger partial charge in [-0.25, -0.2) is 0 Å². The molecule has 1 unspecified atom stereocenters. The van der Waals surface area contributed by atoms with Crippen LogP contribution in [0.15, 0.2) is 35.3 Å². The second-order valence-corrected chi connectivity index (χ2v) is 6.73. The number of hydrogen-bond donors (Lipinski definition) is 2. The maximum atomic E-state index is 6.18. The number of nitrogens with one attached hydrogen (secondary N) is 1. The van der Waals surface area contributed by atoms with Crippen LogP contribution in [-0.2, 0) is 0 Å². The van der Waals surface area contributed by atoms with Crippen LogP contribution in [-0.4, -0.2) is 36.5 Å². The third kappa shape index (κ3) is 6.57. The molecule has 23 heavy (non-hydrogen) atoms. The predicted molar refractivity (Wildman–Crippen MR) is 111 cm³/mol. The van der Waals surface area contributed by atoms with Gasteiger partial charge in [-0.1, -0.05) is 39.0 Å². The molecule has 1 aromatic rings.